The van der Waals surface area contributed by atoms with Crippen LogP contribution in [-0.2, 0) is 108 Å². The second-order valence-corrected chi connectivity index (χ2v) is 32.4. The standard InChI is InChI=1S/4C16H18N5O5P/c3*1-10-2-3-12-11(6-10)7-25-27(23,26-12)9-24-5-4-21-8-18-13-14(21)19-16(17)20-15(13)22;1-10-3-2-4-11-7-25-27(23,26-13(10)11)9-24-6-5-21-8-18-12-14(21)19-16(17)20-15(12)22/h3*2-3,6,8H,4-5,7,9H2,1H3,(H3,17,19,20,22);2-4,8H,5-7,9H2,1H3,(H3,17,19,20,22). The van der Waals surface area contributed by atoms with Crippen molar-refractivity contribution in [2.45, 2.75) is 80.3 Å². The fraction of sp³-hybridized carbons (Fsp3) is 0.312. The molecule has 0 saturated carbocycles. The van der Waals surface area contributed by atoms with Crippen LogP contribution in [-0.4, -0.2) is 130 Å². The van der Waals surface area contributed by atoms with Crippen molar-refractivity contribution in [3.8, 4) is 23.0 Å². The van der Waals surface area contributed by atoms with E-state index in [9.17, 15) is 37.4 Å². The molecule has 0 saturated heterocycles. The van der Waals surface area contributed by atoms with E-state index in [1.54, 1.807) is 36.5 Å². The first kappa shape index (κ1) is 75.5. The highest BCUT2D eigenvalue weighted by atomic mass is 31.2. The fourth-order valence-corrected chi connectivity index (χ4v) is 16.6. The van der Waals surface area contributed by atoms with Crippen LogP contribution in [0.1, 0.15) is 44.5 Å². The lowest BCUT2D eigenvalue weighted by molar-refractivity contribution is 0.132. The lowest BCUT2D eigenvalue weighted by Gasteiger charge is -2.26. The number of fused-ring (bicyclic) bond motifs is 8. The van der Waals surface area contributed by atoms with E-state index in [0.29, 0.717) is 71.8 Å². The number of H-pyrrole nitrogens is 4. The van der Waals surface area contributed by atoms with Crippen molar-refractivity contribution in [1.29, 1.82) is 0 Å². The minimum Gasteiger partial charge on any atom is -0.422 e. The average molecular weight is 1570 g/mol. The molecule has 16 rings (SSSR count). The van der Waals surface area contributed by atoms with Crippen molar-refractivity contribution in [2.75, 3.05) is 74.8 Å². The summed E-state index contributed by atoms with van der Waals surface area (Å²) >= 11 is 0. The van der Waals surface area contributed by atoms with Crippen LogP contribution in [0.25, 0.3) is 44.7 Å². The van der Waals surface area contributed by atoms with E-state index < -0.39 is 52.6 Å². The van der Waals surface area contributed by atoms with E-state index in [0.717, 1.165) is 44.5 Å². The zero-order valence-electron chi connectivity index (χ0n) is 58.2. The normalized spacial score (nSPS) is 19.0. The Labute approximate surface area is 609 Å². The number of aromatic amines is 4. The number of rotatable bonds is 20. The maximum Gasteiger partial charge on any atom is 0.405 e. The van der Waals surface area contributed by atoms with E-state index in [4.69, 9.17) is 78.1 Å². The third-order valence-electron chi connectivity index (χ3n) is 16.4. The van der Waals surface area contributed by atoms with Gasteiger partial charge in [0.05, 0.1) is 78.2 Å². The van der Waals surface area contributed by atoms with Crippen molar-refractivity contribution in [1.82, 2.24) is 78.1 Å². The molecular weight excluding hydrogens is 1490 g/mol. The first-order valence-electron chi connectivity index (χ1n) is 33.0. The molecule has 108 heavy (non-hydrogen) atoms. The molecule has 4 aromatic carbocycles. The number of hydrogen-bond donors (Lipinski definition) is 8. The molecule has 4 atom stereocenters. The first-order chi connectivity index (χ1) is 51.7. The van der Waals surface area contributed by atoms with Gasteiger partial charge in [0.25, 0.3) is 22.2 Å². The predicted octanol–water partition coefficient (Wildman–Crippen LogP) is 7.15. The summed E-state index contributed by atoms with van der Waals surface area (Å²) < 4.78 is 123. The minimum atomic E-state index is -3.38. The Morgan fingerprint density at radius 3 is 0.963 bits per heavy atom. The molecule has 40 nitrogen and oxygen atoms in total. The highest BCUT2D eigenvalue weighted by Crippen LogP contribution is 2.57. The Balaban J connectivity index is 0.000000127. The number of hydrogen-bond acceptors (Lipinski definition) is 32. The highest BCUT2D eigenvalue weighted by Gasteiger charge is 2.37. The molecule has 0 fully saturated rings. The Hall–Kier alpha value is -10.7. The van der Waals surface area contributed by atoms with Gasteiger partial charge in [-0.15, -0.1) is 0 Å². The summed E-state index contributed by atoms with van der Waals surface area (Å²) in [5.74, 6) is 2.30. The highest BCUT2D eigenvalue weighted by molar-refractivity contribution is 7.55. The van der Waals surface area contributed by atoms with Gasteiger partial charge in [-0.3, -0.25) is 57.2 Å². The zero-order valence-corrected chi connectivity index (χ0v) is 61.8. The number of ether oxygens (including phenoxy) is 4. The first-order valence-corrected chi connectivity index (χ1v) is 39.9. The molecule has 0 radical (unpaired) electrons. The summed E-state index contributed by atoms with van der Waals surface area (Å²) in [5, 5.41) is 0. The topological polar surface area (TPSA) is 537 Å². The van der Waals surface area contributed by atoms with Gasteiger partial charge in [0.1, 0.15) is 23.0 Å². The van der Waals surface area contributed by atoms with Gasteiger partial charge in [0.2, 0.25) is 23.8 Å². The second-order valence-electron chi connectivity index (χ2n) is 24.7. The van der Waals surface area contributed by atoms with Gasteiger partial charge in [0, 0.05) is 48.4 Å². The molecule has 12 N–H and O–H groups in total. The number of para-hydroxylation sites is 1. The fourth-order valence-electron chi connectivity index (χ4n) is 11.2. The number of nitrogens with one attached hydrogen (secondary N) is 4. The molecule has 0 bridgehead atoms. The van der Waals surface area contributed by atoms with Crippen molar-refractivity contribution in [3.05, 3.63) is 184 Å². The molecule has 4 unspecified atom stereocenters. The number of nitrogen functional groups attached to an aromatic ring is 4. The third-order valence-corrected chi connectivity index (χ3v) is 22.4. The summed E-state index contributed by atoms with van der Waals surface area (Å²) in [7, 11) is -13.5. The molecule has 4 aliphatic rings. The Bertz CT molecular complexity index is 5420. The van der Waals surface area contributed by atoms with Gasteiger partial charge in [-0.25, -0.2) is 38.2 Å². The molecule has 4 aliphatic heterocycles. The van der Waals surface area contributed by atoms with Crippen LogP contribution in [0.2, 0.25) is 0 Å². The number of anilines is 4. The van der Waals surface area contributed by atoms with Crippen LogP contribution in [0.4, 0.5) is 23.8 Å². The number of imidazole rings is 4. The number of aryl methyl sites for hydroxylation is 4. The molecular formula is C64H72N20O20P4. The van der Waals surface area contributed by atoms with E-state index in [1.165, 1.54) is 25.3 Å². The molecule has 44 heteroatoms. The van der Waals surface area contributed by atoms with Crippen molar-refractivity contribution in [3.63, 3.8) is 0 Å². The van der Waals surface area contributed by atoms with Crippen LogP contribution in [0.15, 0.2) is 117 Å². The van der Waals surface area contributed by atoms with Crippen molar-refractivity contribution in [2.24, 2.45) is 0 Å². The van der Waals surface area contributed by atoms with Crippen molar-refractivity contribution >= 4 is 98.8 Å². The van der Waals surface area contributed by atoms with Gasteiger partial charge < -0.3 is 78.2 Å². The number of nitrogens with two attached hydrogens (primary N) is 4. The van der Waals surface area contributed by atoms with Crippen LogP contribution in [0, 0.1) is 27.7 Å². The van der Waals surface area contributed by atoms with E-state index in [2.05, 4.69) is 59.8 Å². The number of benzene rings is 4. The Morgan fingerprint density at radius 1 is 0.389 bits per heavy atom. The minimum absolute atomic E-state index is 0.0116. The zero-order chi connectivity index (χ0) is 76.1. The summed E-state index contributed by atoms with van der Waals surface area (Å²) in [6.45, 7) is 10.9. The molecule has 8 aromatic heterocycles. The molecule has 12 aromatic rings. The summed E-state index contributed by atoms with van der Waals surface area (Å²) in [4.78, 5) is 89.0. The average Bonchev–Trinajstić information content (AvgIpc) is 1.25. The van der Waals surface area contributed by atoms with Gasteiger partial charge in [-0.05, 0) is 51.5 Å². The summed E-state index contributed by atoms with van der Waals surface area (Å²) in [5.41, 5.74) is 30.5. The predicted molar refractivity (Wildman–Crippen MR) is 390 cm³/mol. The van der Waals surface area contributed by atoms with E-state index >= 15 is 0 Å². The summed E-state index contributed by atoms with van der Waals surface area (Å²) in [6.07, 6.45) is 5.20. The van der Waals surface area contributed by atoms with E-state index in [-0.39, 0.29) is 124 Å². The van der Waals surface area contributed by atoms with Gasteiger partial charge in [0.15, 0.2) is 70.0 Å². The van der Waals surface area contributed by atoms with Gasteiger partial charge >= 0.3 is 30.4 Å². The monoisotopic (exact) mass is 1560 g/mol. The molecule has 12 heterocycles. The quantitative estimate of drug-likeness (QED) is 0.0277. The van der Waals surface area contributed by atoms with Crippen LogP contribution < -0.4 is 63.3 Å². The SMILES string of the molecule is Cc1ccc2c(c1)COP(=O)(COCCn1cnc3c(=O)[nH]c(N)nc31)O2.Cc1ccc2c(c1)COP(=O)(COCCn1cnc3c(=O)[nH]c(N)nc31)O2.Cc1ccc2c(c1)COP(=O)(COCCn1cnc3c(=O)[nH]c(N)nc31)O2.Cc1cccc2c1OP(=O)(COCCn1cnc3c(=O)[nH]c(N)nc31)OC2. The molecule has 0 amide bonds. The lowest BCUT2D eigenvalue weighted by atomic mass is 10.1. The number of nitrogens with zero attached hydrogens (tertiary/aromatic N) is 12. The van der Waals surface area contributed by atoms with Gasteiger partial charge in [-0.1, -0.05) is 71.3 Å². The maximum atomic E-state index is 12.7. The van der Waals surface area contributed by atoms with Gasteiger partial charge in [-0.2, -0.15) is 19.9 Å². The van der Waals surface area contributed by atoms with Crippen LogP contribution in [0.5, 0.6) is 23.0 Å². The van der Waals surface area contributed by atoms with Crippen molar-refractivity contribution < 1.29 is 73.4 Å². The molecule has 0 aliphatic carbocycles. The lowest BCUT2D eigenvalue weighted by Crippen LogP contribution is -2.15. The largest absolute Gasteiger partial charge is 0.422 e. The van der Waals surface area contributed by atoms with Crippen LogP contribution in [0.3, 0.4) is 0 Å². The Kier molecular flexibility index (Phi) is 22.4. The second kappa shape index (κ2) is 32.0. The smallest absolute Gasteiger partial charge is 0.405 e. The maximum absolute atomic E-state index is 12.7. The summed E-state index contributed by atoms with van der Waals surface area (Å²) in [6, 6.07) is 22.5. The Morgan fingerprint density at radius 2 is 0.667 bits per heavy atom. The third kappa shape index (κ3) is 17.8. The number of aromatic nitrogens is 16. The molecule has 568 valence electrons. The molecule has 0 spiro atoms. The van der Waals surface area contributed by atoms with E-state index in [1.807, 2.05) is 82.3 Å². The van der Waals surface area contributed by atoms with Crippen LogP contribution >= 0.6 is 30.4 Å².